The van der Waals surface area contributed by atoms with Gasteiger partial charge in [-0.3, -0.25) is 0 Å². The van der Waals surface area contributed by atoms with Crippen LogP contribution < -0.4 is 4.90 Å². The maximum atomic E-state index is 11.7. The summed E-state index contributed by atoms with van der Waals surface area (Å²) in [5.74, 6) is 3.35. The van der Waals surface area contributed by atoms with E-state index < -0.39 is 10.0 Å². The predicted molar refractivity (Wildman–Crippen MR) is 109 cm³/mol. The topological polar surface area (TPSA) is 75.6 Å². The van der Waals surface area contributed by atoms with E-state index in [1.165, 1.54) is 23.6 Å². The summed E-state index contributed by atoms with van der Waals surface area (Å²) in [5, 5.41) is 0.572. The molecule has 0 amide bonds. The highest BCUT2D eigenvalue weighted by atomic mass is 35.5. The third-order valence-electron chi connectivity index (χ3n) is 6.43. The van der Waals surface area contributed by atoms with Crippen LogP contribution in [0.1, 0.15) is 32.6 Å². The number of ether oxygens (including phenoxy) is 1. The van der Waals surface area contributed by atoms with E-state index in [1.807, 2.05) is 0 Å². The lowest BCUT2D eigenvalue weighted by Crippen LogP contribution is -2.55. The second kappa shape index (κ2) is 8.42. The summed E-state index contributed by atoms with van der Waals surface area (Å²) in [6, 6.07) is 0. The number of nitrogens with zero attached hydrogens (tertiary/aromatic N) is 4. The molecule has 0 bridgehead atoms. The van der Waals surface area contributed by atoms with Crippen LogP contribution in [0.5, 0.6) is 0 Å². The Morgan fingerprint density at radius 2 is 1.89 bits per heavy atom. The Morgan fingerprint density at radius 1 is 1.21 bits per heavy atom. The third-order valence-corrected chi connectivity index (χ3v) is 8.44. The van der Waals surface area contributed by atoms with Gasteiger partial charge in [-0.15, -0.1) is 0 Å². The first kappa shape index (κ1) is 20.3. The quantitative estimate of drug-likeness (QED) is 0.633. The highest BCUT2D eigenvalue weighted by Crippen LogP contribution is 2.49. The zero-order valence-corrected chi connectivity index (χ0v) is 17.9. The van der Waals surface area contributed by atoms with Gasteiger partial charge in [-0.1, -0.05) is 11.6 Å². The summed E-state index contributed by atoms with van der Waals surface area (Å²) >= 11 is 5.86. The Morgan fingerprint density at radius 3 is 2.54 bits per heavy atom. The fourth-order valence-corrected chi connectivity index (χ4v) is 5.73. The second-order valence-corrected chi connectivity index (χ2v) is 10.9. The van der Waals surface area contributed by atoms with Crippen molar-refractivity contribution >= 4 is 27.6 Å². The van der Waals surface area contributed by atoms with Gasteiger partial charge in [-0.25, -0.2) is 18.4 Å². The molecule has 1 aromatic heterocycles. The van der Waals surface area contributed by atoms with Crippen molar-refractivity contribution in [1.82, 2.24) is 14.3 Å². The van der Waals surface area contributed by atoms with Crippen molar-refractivity contribution in [2.75, 3.05) is 43.4 Å². The molecular weight excluding hydrogens is 400 g/mol. The summed E-state index contributed by atoms with van der Waals surface area (Å²) in [6.07, 6.45) is 8.20. The van der Waals surface area contributed by atoms with Crippen LogP contribution in [-0.4, -0.2) is 67.3 Å². The van der Waals surface area contributed by atoms with Crippen LogP contribution in [0, 0.1) is 17.8 Å². The number of rotatable bonds is 8. The minimum atomic E-state index is -3.04. The van der Waals surface area contributed by atoms with Crippen molar-refractivity contribution in [3.63, 3.8) is 0 Å². The van der Waals surface area contributed by atoms with Gasteiger partial charge in [0.2, 0.25) is 16.0 Å². The number of anilines is 1. The molecular formula is C19H29ClN4O3S. The van der Waals surface area contributed by atoms with Crippen molar-refractivity contribution in [3.05, 3.63) is 17.4 Å². The third kappa shape index (κ3) is 4.61. The average Bonchev–Trinajstić information content (AvgIpc) is 3.44. The molecule has 3 heterocycles. The monoisotopic (exact) mass is 428 g/mol. The maximum Gasteiger partial charge on any atom is 0.225 e. The van der Waals surface area contributed by atoms with E-state index in [4.69, 9.17) is 16.3 Å². The lowest BCUT2D eigenvalue weighted by Gasteiger charge is -2.37. The molecule has 2 aliphatic heterocycles. The highest BCUT2D eigenvalue weighted by Gasteiger charge is 2.43. The molecule has 0 spiro atoms. The fourth-order valence-electron chi connectivity index (χ4n) is 4.48. The second-order valence-electron chi connectivity index (χ2n) is 8.18. The molecule has 0 N–H and O–H groups in total. The van der Waals surface area contributed by atoms with Gasteiger partial charge in [0.25, 0.3) is 0 Å². The van der Waals surface area contributed by atoms with Gasteiger partial charge in [-0.05, 0) is 50.4 Å². The minimum Gasteiger partial charge on any atom is -0.375 e. The van der Waals surface area contributed by atoms with E-state index in [1.54, 1.807) is 19.3 Å². The molecule has 1 aliphatic carbocycles. The van der Waals surface area contributed by atoms with Gasteiger partial charge in [0.1, 0.15) is 0 Å². The standard InChI is InChI=1S/C19H29ClN4O3S/c1-2-28(25,26)24-12-17(13-24)27-8-5-15-9-18(15)14-3-6-23(7-4-14)19-21-10-16(20)11-22-19/h10-11,14-15,17-18H,2-9,12-13H2,1H3/t15-,18-/m1/s1. The molecule has 7 nitrogen and oxygen atoms in total. The first-order valence-corrected chi connectivity index (χ1v) is 12.3. The van der Waals surface area contributed by atoms with E-state index in [9.17, 15) is 8.42 Å². The molecule has 3 fully saturated rings. The summed E-state index contributed by atoms with van der Waals surface area (Å²) in [5.41, 5.74) is 0. The summed E-state index contributed by atoms with van der Waals surface area (Å²) in [6.45, 7) is 5.50. The normalized spacial score (nSPS) is 27.0. The number of hydrogen-bond donors (Lipinski definition) is 0. The number of piperidine rings is 1. The summed E-state index contributed by atoms with van der Waals surface area (Å²) in [4.78, 5) is 10.9. The van der Waals surface area contributed by atoms with Crippen LogP contribution in [0.25, 0.3) is 0 Å². The van der Waals surface area contributed by atoms with Gasteiger partial charge in [-0.2, -0.15) is 4.31 Å². The molecule has 2 atom stereocenters. The average molecular weight is 429 g/mol. The van der Waals surface area contributed by atoms with Crippen molar-refractivity contribution in [3.8, 4) is 0 Å². The van der Waals surface area contributed by atoms with Gasteiger partial charge in [0.05, 0.1) is 29.3 Å². The van der Waals surface area contributed by atoms with Crippen molar-refractivity contribution in [2.45, 2.75) is 38.7 Å². The lowest BCUT2D eigenvalue weighted by molar-refractivity contribution is -0.0225. The molecule has 156 valence electrons. The minimum absolute atomic E-state index is 0.0844. The van der Waals surface area contributed by atoms with Crippen molar-refractivity contribution < 1.29 is 13.2 Å². The van der Waals surface area contributed by atoms with Crippen LogP contribution >= 0.6 is 11.6 Å². The maximum absolute atomic E-state index is 11.7. The Bertz CT molecular complexity index is 762. The van der Waals surface area contributed by atoms with E-state index in [0.717, 1.165) is 49.8 Å². The molecule has 0 unspecified atom stereocenters. The molecule has 0 radical (unpaired) electrons. The Kier molecular flexibility index (Phi) is 6.11. The molecule has 1 aromatic rings. The van der Waals surface area contributed by atoms with Crippen molar-refractivity contribution in [2.24, 2.45) is 17.8 Å². The largest absolute Gasteiger partial charge is 0.375 e. The van der Waals surface area contributed by atoms with Crippen LogP contribution in [0.15, 0.2) is 12.4 Å². The van der Waals surface area contributed by atoms with Crippen LogP contribution in [0.3, 0.4) is 0 Å². The molecule has 4 rings (SSSR count). The van der Waals surface area contributed by atoms with Crippen molar-refractivity contribution in [1.29, 1.82) is 0 Å². The van der Waals surface area contributed by atoms with E-state index in [-0.39, 0.29) is 11.9 Å². The Balaban J connectivity index is 1.11. The van der Waals surface area contributed by atoms with Crippen LogP contribution in [0.4, 0.5) is 5.95 Å². The van der Waals surface area contributed by atoms with Crippen LogP contribution in [0.2, 0.25) is 5.02 Å². The Labute approximate surface area is 172 Å². The SMILES string of the molecule is CCS(=O)(=O)N1CC(OCC[C@@H]2C[C@@H]2C2CCN(c3ncc(Cl)cn3)CC2)C1. The zero-order chi connectivity index (χ0) is 19.7. The Hall–Kier alpha value is -0.960. The molecule has 0 aromatic carbocycles. The number of hydrogen-bond acceptors (Lipinski definition) is 6. The highest BCUT2D eigenvalue weighted by molar-refractivity contribution is 7.89. The lowest BCUT2D eigenvalue weighted by atomic mass is 9.90. The summed E-state index contributed by atoms with van der Waals surface area (Å²) < 4.78 is 30.8. The van der Waals surface area contributed by atoms with Gasteiger partial charge in [0, 0.05) is 32.8 Å². The van der Waals surface area contributed by atoms with E-state index >= 15 is 0 Å². The first-order chi connectivity index (χ1) is 13.5. The fraction of sp³-hybridized carbons (Fsp3) is 0.789. The van der Waals surface area contributed by atoms with Gasteiger partial charge in [0.15, 0.2) is 0 Å². The van der Waals surface area contributed by atoms with Gasteiger partial charge < -0.3 is 9.64 Å². The molecule has 1 saturated carbocycles. The summed E-state index contributed by atoms with van der Waals surface area (Å²) in [7, 11) is -3.04. The first-order valence-electron chi connectivity index (χ1n) is 10.3. The number of aromatic nitrogens is 2. The smallest absolute Gasteiger partial charge is 0.225 e. The molecule has 9 heteroatoms. The van der Waals surface area contributed by atoms with E-state index in [0.29, 0.717) is 18.1 Å². The molecule has 3 aliphatic rings. The van der Waals surface area contributed by atoms with Gasteiger partial charge >= 0.3 is 0 Å². The molecule has 2 saturated heterocycles. The number of sulfonamides is 1. The van der Waals surface area contributed by atoms with E-state index in [2.05, 4.69) is 14.9 Å². The van der Waals surface area contributed by atoms with Crippen LogP contribution in [-0.2, 0) is 14.8 Å². The predicted octanol–water partition coefficient (Wildman–Crippen LogP) is 2.42. The molecule has 28 heavy (non-hydrogen) atoms. The number of halogens is 1. The zero-order valence-electron chi connectivity index (χ0n) is 16.3.